The minimum atomic E-state index is -0.197. The number of benzene rings is 1. The van der Waals surface area contributed by atoms with Crippen molar-refractivity contribution < 1.29 is 14.6 Å². The molecule has 2 rings (SSSR count). The van der Waals surface area contributed by atoms with E-state index in [4.69, 9.17) is 9.84 Å². The number of hydrogen-bond donors (Lipinski definition) is 3. The summed E-state index contributed by atoms with van der Waals surface area (Å²) in [5, 5.41) is 15.0. The number of carbonyl (C=O) groups excluding carboxylic acids is 1. The van der Waals surface area contributed by atoms with E-state index in [-0.39, 0.29) is 18.7 Å². The number of aliphatic hydroxyl groups excluding tert-OH is 1. The lowest BCUT2D eigenvalue weighted by Crippen LogP contribution is -2.40. The van der Waals surface area contributed by atoms with Crippen molar-refractivity contribution >= 4 is 11.7 Å². The Morgan fingerprint density at radius 3 is 2.68 bits per heavy atom. The van der Waals surface area contributed by atoms with E-state index in [0.29, 0.717) is 24.0 Å². The number of urea groups is 1. The molecule has 5 nitrogen and oxygen atoms in total. The maximum Gasteiger partial charge on any atom is 0.319 e. The van der Waals surface area contributed by atoms with Gasteiger partial charge in [0, 0.05) is 12.6 Å². The second-order valence-electron chi connectivity index (χ2n) is 5.93. The Bertz CT molecular complexity index is 497. The first-order chi connectivity index (χ1) is 10.6. The fourth-order valence-corrected chi connectivity index (χ4v) is 2.84. The van der Waals surface area contributed by atoms with Gasteiger partial charge in [0.15, 0.2) is 0 Å². The lowest BCUT2D eigenvalue weighted by Gasteiger charge is -2.28. The molecule has 0 aromatic heterocycles. The van der Waals surface area contributed by atoms with Gasteiger partial charge < -0.3 is 20.5 Å². The summed E-state index contributed by atoms with van der Waals surface area (Å²) in [7, 11) is 0. The highest BCUT2D eigenvalue weighted by Crippen LogP contribution is 2.26. The molecule has 0 unspecified atom stereocenters. The molecule has 1 aromatic carbocycles. The van der Waals surface area contributed by atoms with Gasteiger partial charge in [-0.25, -0.2) is 4.79 Å². The molecule has 0 spiro atoms. The van der Waals surface area contributed by atoms with E-state index in [1.165, 1.54) is 0 Å². The predicted molar refractivity (Wildman–Crippen MR) is 87.3 cm³/mol. The molecule has 1 aliphatic rings. The van der Waals surface area contributed by atoms with Gasteiger partial charge in [-0.2, -0.15) is 0 Å². The summed E-state index contributed by atoms with van der Waals surface area (Å²) in [6, 6.07) is 5.72. The molecule has 0 radical (unpaired) electrons. The number of anilines is 1. The first-order valence-electron chi connectivity index (χ1n) is 8.04. The topological polar surface area (TPSA) is 70.6 Å². The fourth-order valence-electron chi connectivity index (χ4n) is 2.84. The first-order valence-corrected chi connectivity index (χ1v) is 8.04. The van der Waals surface area contributed by atoms with Crippen LogP contribution in [-0.2, 0) is 0 Å². The number of amides is 2. The van der Waals surface area contributed by atoms with Crippen molar-refractivity contribution in [2.24, 2.45) is 5.92 Å². The molecule has 1 aliphatic carbocycles. The van der Waals surface area contributed by atoms with Gasteiger partial charge >= 0.3 is 6.03 Å². The van der Waals surface area contributed by atoms with Crippen LogP contribution in [0.5, 0.6) is 5.75 Å². The van der Waals surface area contributed by atoms with Crippen LogP contribution in [0.15, 0.2) is 18.2 Å². The van der Waals surface area contributed by atoms with E-state index in [0.717, 1.165) is 31.2 Å². The summed E-state index contributed by atoms with van der Waals surface area (Å²) in [5.74, 6) is 1.09. The van der Waals surface area contributed by atoms with Crippen molar-refractivity contribution in [3.63, 3.8) is 0 Å². The zero-order chi connectivity index (χ0) is 15.9. The molecular weight excluding hydrogens is 280 g/mol. The number of nitrogens with one attached hydrogen (secondary N) is 2. The third kappa shape index (κ3) is 4.63. The Balaban J connectivity index is 1.89. The summed E-state index contributed by atoms with van der Waals surface area (Å²) in [6.07, 6.45) is 3.78. The van der Waals surface area contributed by atoms with Crippen molar-refractivity contribution in [3.8, 4) is 5.75 Å². The zero-order valence-corrected chi connectivity index (χ0v) is 13.4. The average Bonchev–Trinajstić information content (AvgIpc) is 2.51. The smallest absolute Gasteiger partial charge is 0.319 e. The fraction of sp³-hybridized carbons (Fsp3) is 0.588. The van der Waals surface area contributed by atoms with E-state index in [9.17, 15) is 4.79 Å². The Morgan fingerprint density at radius 2 is 2.05 bits per heavy atom. The van der Waals surface area contributed by atoms with E-state index < -0.39 is 0 Å². The largest absolute Gasteiger partial charge is 0.492 e. The number of ether oxygens (including phenoxy) is 1. The molecule has 0 saturated heterocycles. The number of hydrogen-bond acceptors (Lipinski definition) is 3. The number of carbonyl (C=O) groups is 1. The molecule has 1 saturated carbocycles. The molecule has 0 heterocycles. The SMILES string of the molecule is CCOc1cc(C)ccc1NC(=O)NC1CCC(CO)CC1. The second-order valence-corrected chi connectivity index (χ2v) is 5.93. The van der Waals surface area contributed by atoms with Gasteiger partial charge in [0.25, 0.3) is 0 Å². The highest BCUT2D eigenvalue weighted by atomic mass is 16.5. The monoisotopic (exact) mass is 306 g/mol. The molecule has 1 fully saturated rings. The summed E-state index contributed by atoms with van der Waals surface area (Å²) in [6.45, 7) is 4.72. The molecule has 3 N–H and O–H groups in total. The van der Waals surface area contributed by atoms with E-state index in [1.807, 2.05) is 32.0 Å². The highest BCUT2D eigenvalue weighted by molar-refractivity contribution is 5.91. The van der Waals surface area contributed by atoms with Crippen molar-refractivity contribution in [2.45, 2.75) is 45.6 Å². The van der Waals surface area contributed by atoms with Gasteiger partial charge in [0.1, 0.15) is 5.75 Å². The normalized spacial score (nSPS) is 21.2. The molecule has 22 heavy (non-hydrogen) atoms. The van der Waals surface area contributed by atoms with E-state index in [2.05, 4.69) is 10.6 Å². The molecule has 5 heteroatoms. The van der Waals surface area contributed by atoms with Crippen LogP contribution in [0.1, 0.15) is 38.2 Å². The Labute approximate surface area is 132 Å². The van der Waals surface area contributed by atoms with Crippen molar-refractivity contribution in [2.75, 3.05) is 18.5 Å². The van der Waals surface area contributed by atoms with Gasteiger partial charge in [-0.1, -0.05) is 6.07 Å². The van der Waals surface area contributed by atoms with Crippen molar-refractivity contribution in [1.29, 1.82) is 0 Å². The summed E-state index contributed by atoms with van der Waals surface area (Å²) < 4.78 is 5.57. The lowest BCUT2D eigenvalue weighted by molar-refractivity contribution is 0.176. The number of aryl methyl sites for hydroxylation is 1. The van der Waals surface area contributed by atoms with Crippen LogP contribution in [0.25, 0.3) is 0 Å². The molecule has 122 valence electrons. The standard InChI is InChI=1S/C17H26N2O3/c1-3-22-16-10-12(2)4-9-15(16)19-17(21)18-14-7-5-13(11-20)6-8-14/h4,9-10,13-14,20H,3,5-8,11H2,1-2H3,(H2,18,19,21). The molecule has 1 aromatic rings. The van der Waals surface area contributed by atoms with Crippen LogP contribution in [0.2, 0.25) is 0 Å². The molecule has 0 atom stereocenters. The maximum absolute atomic E-state index is 12.1. The molecule has 0 aliphatic heterocycles. The van der Waals surface area contributed by atoms with Crippen LogP contribution in [0, 0.1) is 12.8 Å². The average molecular weight is 306 g/mol. The van der Waals surface area contributed by atoms with Gasteiger partial charge in [-0.05, 0) is 63.1 Å². The minimum Gasteiger partial charge on any atom is -0.492 e. The molecule has 0 bridgehead atoms. The number of rotatable bonds is 5. The Kier molecular flexibility index (Phi) is 6.07. The van der Waals surface area contributed by atoms with Crippen LogP contribution in [-0.4, -0.2) is 30.4 Å². The quantitative estimate of drug-likeness (QED) is 0.783. The van der Waals surface area contributed by atoms with Crippen LogP contribution in [0.3, 0.4) is 0 Å². The Hall–Kier alpha value is -1.75. The predicted octanol–water partition coefficient (Wildman–Crippen LogP) is 3.07. The van der Waals surface area contributed by atoms with Gasteiger partial charge in [-0.3, -0.25) is 0 Å². The first kappa shape index (κ1) is 16.6. The second kappa shape index (κ2) is 8.03. The van der Waals surface area contributed by atoms with E-state index in [1.54, 1.807) is 0 Å². The van der Waals surface area contributed by atoms with Crippen LogP contribution >= 0.6 is 0 Å². The highest BCUT2D eigenvalue weighted by Gasteiger charge is 2.22. The third-order valence-electron chi connectivity index (χ3n) is 4.13. The summed E-state index contributed by atoms with van der Waals surface area (Å²) in [5.41, 5.74) is 1.78. The molecular formula is C17H26N2O3. The maximum atomic E-state index is 12.1. The summed E-state index contributed by atoms with van der Waals surface area (Å²) >= 11 is 0. The number of aliphatic hydroxyl groups is 1. The van der Waals surface area contributed by atoms with Crippen LogP contribution < -0.4 is 15.4 Å². The molecule has 2 amide bonds. The van der Waals surface area contributed by atoms with E-state index >= 15 is 0 Å². The van der Waals surface area contributed by atoms with Gasteiger partial charge in [-0.15, -0.1) is 0 Å². The zero-order valence-electron chi connectivity index (χ0n) is 13.4. The minimum absolute atomic E-state index is 0.184. The van der Waals surface area contributed by atoms with Crippen molar-refractivity contribution in [3.05, 3.63) is 23.8 Å². The van der Waals surface area contributed by atoms with Gasteiger partial charge in [0.2, 0.25) is 0 Å². The van der Waals surface area contributed by atoms with Gasteiger partial charge in [0.05, 0.1) is 12.3 Å². The third-order valence-corrected chi connectivity index (χ3v) is 4.13. The summed E-state index contributed by atoms with van der Waals surface area (Å²) in [4.78, 5) is 12.1. The Morgan fingerprint density at radius 1 is 1.32 bits per heavy atom. The lowest BCUT2D eigenvalue weighted by atomic mass is 9.87. The van der Waals surface area contributed by atoms with Crippen LogP contribution in [0.4, 0.5) is 10.5 Å². The van der Waals surface area contributed by atoms with Crippen molar-refractivity contribution in [1.82, 2.24) is 5.32 Å².